The molecule has 4 nitrogen and oxygen atoms in total. The topological polar surface area (TPSA) is 49.4 Å². The number of benzene rings is 2. The normalized spacial score (nSPS) is 20.3. The summed E-state index contributed by atoms with van der Waals surface area (Å²) in [4.78, 5) is 27.5. The van der Waals surface area contributed by atoms with Gasteiger partial charge in [0.15, 0.2) is 0 Å². The van der Waals surface area contributed by atoms with Gasteiger partial charge in [-0.05, 0) is 91.7 Å². The number of likely N-dealkylation sites (tertiary alicyclic amines) is 1. The average molecular weight is 524 g/mol. The van der Waals surface area contributed by atoms with E-state index in [9.17, 15) is 14.0 Å². The molecule has 2 aliphatic rings. The van der Waals surface area contributed by atoms with Crippen molar-refractivity contribution in [3.8, 4) is 0 Å². The molecule has 4 rings (SSSR count). The fourth-order valence-corrected chi connectivity index (χ4v) is 5.85. The second-order valence-electron chi connectivity index (χ2n) is 9.06. The molecule has 1 N–H and O–H groups in total. The molecular weight excluding hydrogens is 494 g/mol. The molecule has 2 aromatic rings. The summed E-state index contributed by atoms with van der Waals surface area (Å²) in [6.07, 6.45) is 5.36. The number of nitrogens with zero attached hydrogens (tertiary/aromatic N) is 1. The number of rotatable bonds is 10. The zero-order chi connectivity index (χ0) is 24.1. The Bertz CT molecular complexity index is 1010. The van der Waals surface area contributed by atoms with Gasteiger partial charge in [0.05, 0.1) is 10.0 Å². The zero-order valence-electron chi connectivity index (χ0n) is 18.9. The molecule has 1 saturated carbocycles. The van der Waals surface area contributed by atoms with Crippen LogP contribution in [0.2, 0.25) is 10.0 Å². The number of halogens is 3. The van der Waals surface area contributed by atoms with Gasteiger partial charge in [0.1, 0.15) is 11.9 Å². The van der Waals surface area contributed by atoms with Crippen LogP contribution in [0, 0.1) is 11.7 Å². The molecular formula is C26H29Cl2FN2O2S. The number of carbonyl (C=O) groups is 2. The first-order valence-corrected chi connectivity index (χ1v) is 13.7. The van der Waals surface area contributed by atoms with E-state index < -0.39 is 11.9 Å². The Morgan fingerprint density at radius 1 is 1.09 bits per heavy atom. The second-order valence-corrected chi connectivity index (χ2v) is 11.0. The van der Waals surface area contributed by atoms with E-state index in [0.29, 0.717) is 33.2 Å². The predicted molar refractivity (Wildman–Crippen MR) is 137 cm³/mol. The molecule has 0 bridgehead atoms. The Morgan fingerprint density at radius 2 is 1.82 bits per heavy atom. The lowest BCUT2D eigenvalue weighted by atomic mass is 10.1. The van der Waals surface area contributed by atoms with Gasteiger partial charge in [-0.3, -0.25) is 9.59 Å². The van der Waals surface area contributed by atoms with E-state index in [1.165, 1.54) is 36.2 Å². The molecule has 2 fully saturated rings. The summed E-state index contributed by atoms with van der Waals surface area (Å²) < 4.78 is 13.2. The van der Waals surface area contributed by atoms with Gasteiger partial charge in [-0.1, -0.05) is 29.3 Å². The highest BCUT2D eigenvalue weighted by atomic mass is 35.5. The maximum absolute atomic E-state index is 13.2. The summed E-state index contributed by atoms with van der Waals surface area (Å²) in [7, 11) is 0. The minimum atomic E-state index is -0.578. The number of hydrogen-bond acceptors (Lipinski definition) is 3. The highest BCUT2D eigenvalue weighted by Gasteiger charge is 2.37. The molecule has 34 heavy (non-hydrogen) atoms. The van der Waals surface area contributed by atoms with E-state index in [2.05, 4.69) is 11.4 Å². The van der Waals surface area contributed by atoms with E-state index in [4.69, 9.17) is 23.2 Å². The molecule has 0 radical (unpaired) electrons. The van der Waals surface area contributed by atoms with Crippen LogP contribution in [0.5, 0.6) is 0 Å². The number of thioether (sulfide) groups is 1. The van der Waals surface area contributed by atoms with E-state index in [-0.39, 0.29) is 11.8 Å². The molecule has 3 atom stereocenters. The predicted octanol–water partition coefficient (Wildman–Crippen LogP) is 6.17. The maximum atomic E-state index is 13.2. The minimum Gasteiger partial charge on any atom is -0.341 e. The Labute approximate surface area is 214 Å². The standard InChI is InChI=1S/C26H29Cl2FN2O2S/c27-22-10-7-19(15-23(22)28)21-14-18(21)4-3-13-34-16-24(26(33)31-11-1-2-12-31)30-25(32)17-5-8-20(29)9-6-17/h5-10,15,18,21,24H,1-4,11-14,16H2,(H,30,32)/t18?,21-,24+/m1/s1. The van der Waals surface area contributed by atoms with Crippen molar-refractivity contribution in [3.63, 3.8) is 0 Å². The largest absolute Gasteiger partial charge is 0.341 e. The number of carbonyl (C=O) groups excluding carboxylic acids is 2. The molecule has 2 amide bonds. The van der Waals surface area contributed by atoms with E-state index in [1.54, 1.807) is 11.8 Å². The van der Waals surface area contributed by atoms with Crippen LogP contribution in [-0.2, 0) is 4.79 Å². The van der Waals surface area contributed by atoms with Crippen molar-refractivity contribution in [3.05, 3.63) is 69.5 Å². The van der Waals surface area contributed by atoms with Crippen LogP contribution in [-0.4, -0.2) is 47.4 Å². The lowest BCUT2D eigenvalue weighted by Gasteiger charge is -2.24. The maximum Gasteiger partial charge on any atom is 0.251 e. The van der Waals surface area contributed by atoms with Crippen molar-refractivity contribution in [2.75, 3.05) is 24.6 Å². The van der Waals surface area contributed by atoms with Gasteiger partial charge in [-0.25, -0.2) is 4.39 Å². The Hall–Kier alpha value is -1.76. The van der Waals surface area contributed by atoms with Gasteiger partial charge < -0.3 is 10.2 Å². The van der Waals surface area contributed by atoms with Crippen molar-refractivity contribution in [2.45, 2.75) is 44.1 Å². The third-order valence-electron chi connectivity index (χ3n) is 6.57. The van der Waals surface area contributed by atoms with Crippen LogP contribution >= 0.6 is 35.0 Å². The van der Waals surface area contributed by atoms with Crippen molar-refractivity contribution >= 4 is 46.8 Å². The third-order valence-corrected chi connectivity index (χ3v) is 8.46. The highest BCUT2D eigenvalue weighted by Crippen LogP contribution is 2.51. The molecule has 1 heterocycles. The third kappa shape index (κ3) is 6.67. The zero-order valence-corrected chi connectivity index (χ0v) is 21.3. The SMILES string of the molecule is O=C(N[C@@H](CSCCCC1C[C@H]1c1ccc(Cl)c(Cl)c1)C(=O)N1CCCC1)c1ccc(F)cc1. The van der Waals surface area contributed by atoms with Crippen molar-refractivity contribution in [2.24, 2.45) is 5.92 Å². The van der Waals surface area contributed by atoms with E-state index >= 15 is 0 Å². The quantitative estimate of drug-likeness (QED) is 0.379. The summed E-state index contributed by atoms with van der Waals surface area (Å²) >= 11 is 13.9. The van der Waals surface area contributed by atoms with Crippen molar-refractivity contribution in [1.82, 2.24) is 10.2 Å². The average Bonchev–Trinajstić information content (AvgIpc) is 3.38. The van der Waals surface area contributed by atoms with Gasteiger partial charge in [0, 0.05) is 24.4 Å². The summed E-state index contributed by atoms with van der Waals surface area (Å²) in [5.41, 5.74) is 1.61. The van der Waals surface area contributed by atoms with E-state index in [0.717, 1.165) is 44.5 Å². The van der Waals surface area contributed by atoms with Gasteiger partial charge in [-0.15, -0.1) is 0 Å². The molecule has 0 spiro atoms. The van der Waals surface area contributed by atoms with Gasteiger partial charge in [-0.2, -0.15) is 11.8 Å². The second kappa shape index (κ2) is 11.8. The van der Waals surface area contributed by atoms with Crippen LogP contribution in [0.3, 0.4) is 0 Å². The van der Waals surface area contributed by atoms with Gasteiger partial charge in [0.2, 0.25) is 5.91 Å². The van der Waals surface area contributed by atoms with Crippen LogP contribution in [0.25, 0.3) is 0 Å². The Kier molecular flexibility index (Phi) is 8.78. The molecule has 1 aliphatic carbocycles. The molecule has 1 aliphatic heterocycles. The smallest absolute Gasteiger partial charge is 0.251 e. The lowest BCUT2D eigenvalue weighted by Crippen LogP contribution is -2.49. The Morgan fingerprint density at radius 3 is 2.53 bits per heavy atom. The minimum absolute atomic E-state index is 0.0256. The van der Waals surface area contributed by atoms with E-state index in [1.807, 2.05) is 17.0 Å². The van der Waals surface area contributed by atoms with Crippen LogP contribution in [0.4, 0.5) is 4.39 Å². The van der Waals surface area contributed by atoms with Crippen LogP contribution in [0.15, 0.2) is 42.5 Å². The number of hydrogen-bond donors (Lipinski definition) is 1. The molecule has 1 unspecified atom stereocenters. The summed E-state index contributed by atoms with van der Waals surface area (Å²) in [5, 5.41) is 4.08. The molecule has 0 aromatic heterocycles. The first-order chi connectivity index (χ1) is 16.4. The fourth-order valence-electron chi connectivity index (χ4n) is 4.54. The molecule has 8 heteroatoms. The van der Waals surface area contributed by atoms with Crippen molar-refractivity contribution < 1.29 is 14.0 Å². The van der Waals surface area contributed by atoms with Crippen LogP contribution < -0.4 is 5.32 Å². The number of amides is 2. The molecule has 2 aromatic carbocycles. The first-order valence-electron chi connectivity index (χ1n) is 11.8. The molecule has 1 saturated heterocycles. The summed E-state index contributed by atoms with van der Waals surface area (Å²) in [6, 6.07) is 10.7. The lowest BCUT2D eigenvalue weighted by molar-refractivity contribution is -0.131. The monoisotopic (exact) mass is 522 g/mol. The molecule has 182 valence electrons. The summed E-state index contributed by atoms with van der Waals surface area (Å²) in [5.74, 6) is 1.92. The van der Waals surface area contributed by atoms with Gasteiger partial charge in [0.25, 0.3) is 5.91 Å². The highest BCUT2D eigenvalue weighted by molar-refractivity contribution is 7.99. The van der Waals surface area contributed by atoms with Crippen molar-refractivity contribution in [1.29, 1.82) is 0 Å². The van der Waals surface area contributed by atoms with Crippen LogP contribution in [0.1, 0.15) is 53.9 Å². The van der Waals surface area contributed by atoms with Gasteiger partial charge >= 0.3 is 0 Å². The first kappa shape index (κ1) is 25.3. The Balaban J connectivity index is 1.24. The number of nitrogens with one attached hydrogen (secondary N) is 1. The fraction of sp³-hybridized carbons (Fsp3) is 0.462. The summed E-state index contributed by atoms with van der Waals surface area (Å²) in [6.45, 7) is 1.48.